The van der Waals surface area contributed by atoms with Crippen LogP contribution in [0.25, 0.3) is 0 Å². The number of halogens is 2. The third kappa shape index (κ3) is 3.22. The first kappa shape index (κ1) is 14.2. The van der Waals surface area contributed by atoms with Crippen LogP contribution in [-0.4, -0.2) is 16.6 Å². The molecule has 0 aliphatic heterocycles. The minimum atomic E-state index is -0.187. The molecule has 0 bridgehead atoms. The molecule has 1 atom stereocenters. The van der Waals surface area contributed by atoms with E-state index >= 15 is 0 Å². The third-order valence-corrected chi connectivity index (χ3v) is 3.97. The molecule has 102 valence electrons. The summed E-state index contributed by atoms with van der Waals surface area (Å²) in [5.41, 5.74) is 0.680. The van der Waals surface area contributed by atoms with Crippen LogP contribution in [0.2, 0.25) is 0 Å². The summed E-state index contributed by atoms with van der Waals surface area (Å²) in [5.74, 6) is 0.821. The van der Waals surface area contributed by atoms with Crippen molar-refractivity contribution < 1.29 is 4.39 Å². The average molecular weight is 326 g/mol. The van der Waals surface area contributed by atoms with Gasteiger partial charge < -0.3 is 9.88 Å². The standard InChI is InChI=1S/C14H17BrFN3/c1-17-12(6-7-13-18-8-9-19(13)2)14-10(15)4-3-5-11(14)16/h3-5,8-9,12,17H,6-7H2,1-2H3. The molecule has 1 unspecified atom stereocenters. The minimum Gasteiger partial charge on any atom is -0.338 e. The molecule has 5 heteroatoms. The Balaban J connectivity index is 2.15. The maximum absolute atomic E-state index is 13.9. The molecule has 1 aromatic carbocycles. The lowest BCUT2D eigenvalue weighted by molar-refractivity contribution is 0.499. The fourth-order valence-electron chi connectivity index (χ4n) is 2.19. The Kier molecular flexibility index (Phi) is 4.71. The summed E-state index contributed by atoms with van der Waals surface area (Å²) >= 11 is 3.42. The Hall–Kier alpha value is -1.20. The van der Waals surface area contributed by atoms with Crippen molar-refractivity contribution in [2.75, 3.05) is 7.05 Å². The second kappa shape index (κ2) is 6.30. The van der Waals surface area contributed by atoms with E-state index in [1.54, 1.807) is 12.3 Å². The summed E-state index contributed by atoms with van der Waals surface area (Å²) in [7, 11) is 3.82. The molecule has 1 N–H and O–H groups in total. The van der Waals surface area contributed by atoms with Crippen LogP contribution in [0.4, 0.5) is 4.39 Å². The average Bonchev–Trinajstić information content (AvgIpc) is 2.78. The van der Waals surface area contributed by atoms with Crippen LogP contribution in [0.5, 0.6) is 0 Å². The Morgan fingerprint density at radius 3 is 2.84 bits per heavy atom. The topological polar surface area (TPSA) is 29.9 Å². The number of hydrogen-bond acceptors (Lipinski definition) is 2. The Labute approximate surface area is 121 Å². The molecule has 0 aliphatic rings. The van der Waals surface area contributed by atoms with Gasteiger partial charge in [0.1, 0.15) is 11.6 Å². The van der Waals surface area contributed by atoms with Gasteiger partial charge in [-0.25, -0.2) is 9.37 Å². The summed E-state index contributed by atoms with van der Waals surface area (Å²) in [5, 5.41) is 3.17. The number of nitrogens with zero attached hydrogens (tertiary/aromatic N) is 2. The Morgan fingerprint density at radius 1 is 1.47 bits per heavy atom. The SMILES string of the molecule is CNC(CCc1nccn1C)c1c(F)cccc1Br. The van der Waals surface area contributed by atoms with Gasteiger partial charge in [0.2, 0.25) is 0 Å². The van der Waals surface area contributed by atoms with Crippen molar-refractivity contribution in [3.8, 4) is 0 Å². The van der Waals surface area contributed by atoms with Gasteiger partial charge in [-0.15, -0.1) is 0 Å². The number of aromatic nitrogens is 2. The highest BCUT2D eigenvalue weighted by atomic mass is 79.9. The molecule has 0 fully saturated rings. The van der Waals surface area contributed by atoms with E-state index in [2.05, 4.69) is 26.2 Å². The van der Waals surface area contributed by atoms with E-state index in [1.165, 1.54) is 6.07 Å². The minimum absolute atomic E-state index is 0.0349. The van der Waals surface area contributed by atoms with E-state index in [0.29, 0.717) is 5.56 Å². The maximum atomic E-state index is 13.9. The van der Waals surface area contributed by atoms with E-state index in [4.69, 9.17) is 0 Å². The fraction of sp³-hybridized carbons (Fsp3) is 0.357. The fourth-order valence-corrected chi connectivity index (χ4v) is 2.81. The van der Waals surface area contributed by atoms with Crippen LogP contribution in [0, 0.1) is 5.82 Å². The summed E-state index contributed by atoms with van der Waals surface area (Å²) in [6.07, 6.45) is 5.29. The first-order valence-electron chi connectivity index (χ1n) is 6.21. The number of aryl methyl sites for hydroxylation is 2. The quantitative estimate of drug-likeness (QED) is 0.914. The van der Waals surface area contributed by atoms with Gasteiger partial charge in [-0.05, 0) is 25.6 Å². The molecule has 0 radical (unpaired) electrons. The van der Waals surface area contributed by atoms with Crippen molar-refractivity contribution in [2.45, 2.75) is 18.9 Å². The van der Waals surface area contributed by atoms with Crippen molar-refractivity contribution in [3.05, 3.63) is 52.3 Å². The Morgan fingerprint density at radius 2 is 2.26 bits per heavy atom. The van der Waals surface area contributed by atoms with Crippen molar-refractivity contribution in [3.63, 3.8) is 0 Å². The number of benzene rings is 1. The predicted molar refractivity (Wildman–Crippen MR) is 77.4 cm³/mol. The van der Waals surface area contributed by atoms with Gasteiger partial charge in [-0.2, -0.15) is 0 Å². The maximum Gasteiger partial charge on any atom is 0.129 e. The molecule has 1 aromatic heterocycles. The molecule has 0 saturated heterocycles. The van der Waals surface area contributed by atoms with Gasteiger partial charge in [-0.3, -0.25) is 0 Å². The summed E-state index contributed by atoms with van der Waals surface area (Å²) in [6.45, 7) is 0. The lowest BCUT2D eigenvalue weighted by Crippen LogP contribution is -2.19. The lowest BCUT2D eigenvalue weighted by atomic mass is 10.0. The van der Waals surface area contributed by atoms with Gasteiger partial charge in [-0.1, -0.05) is 22.0 Å². The third-order valence-electron chi connectivity index (χ3n) is 3.27. The molecule has 0 spiro atoms. The van der Waals surface area contributed by atoms with Gasteiger partial charge in [0.15, 0.2) is 0 Å². The van der Waals surface area contributed by atoms with Crippen LogP contribution in [0.15, 0.2) is 35.1 Å². The van der Waals surface area contributed by atoms with Crippen LogP contribution in [0.3, 0.4) is 0 Å². The molecule has 2 rings (SSSR count). The highest BCUT2D eigenvalue weighted by Gasteiger charge is 2.17. The monoisotopic (exact) mass is 325 g/mol. The molecule has 0 amide bonds. The van der Waals surface area contributed by atoms with E-state index in [1.807, 2.05) is 30.9 Å². The lowest BCUT2D eigenvalue weighted by Gasteiger charge is -2.18. The second-order valence-electron chi connectivity index (χ2n) is 4.47. The number of rotatable bonds is 5. The predicted octanol–water partition coefficient (Wildman–Crippen LogP) is 3.22. The van der Waals surface area contributed by atoms with Crippen molar-refractivity contribution in [1.82, 2.24) is 14.9 Å². The first-order chi connectivity index (χ1) is 9.13. The van der Waals surface area contributed by atoms with Gasteiger partial charge >= 0.3 is 0 Å². The molecule has 2 aromatic rings. The normalized spacial score (nSPS) is 12.6. The Bertz CT molecular complexity index is 533. The van der Waals surface area contributed by atoms with E-state index < -0.39 is 0 Å². The highest BCUT2D eigenvalue weighted by molar-refractivity contribution is 9.10. The van der Waals surface area contributed by atoms with E-state index in [0.717, 1.165) is 23.1 Å². The molecule has 19 heavy (non-hydrogen) atoms. The first-order valence-corrected chi connectivity index (χ1v) is 7.00. The number of imidazole rings is 1. The summed E-state index contributed by atoms with van der Waals surface area (Å²) < 4.78 is 16.7. The van der Waals surface area contributed by atoms with Crippen LogP contribution < -0.4 is 5.32 Å². The van der Waals surface area contributed by atoms with Gasteiger partial charge in [0, 0.05) is 41.9 Å². The van der Waals surface area contributed by atoms with Crippen LogP contribution in [-0.2, 0) is 13.5 Å². The van der Waals surface area contributed by atoms with Crippen LogP contribution in [0.1, 0.15) is 23.9 Å². The van der Waals surface area contributed by atoms with Crippen LogP contribution >= 0.6 is 15.9 Å². The van der Waals surface area contributed by atoms with Crippen molar-refractivity contribution in [2.24, 2.45) is 7.05 Å². The second-order valence-corrected chi connectivity index (χ2v) is 5.32. The molecule has 1 heterocycles. The zero-order valence-corrected chi connectivity index (χ0v) is 12.6. The zero-order chi connectivity index (χ0) is 13.8. The van der Waals surface area contributed by atoms with Crippen molar-refractivity contribution in [1.29, 1.82) is 0 Å². The molecule has 3 nitrogen and oxygen atoms in total. The zero-order valence-electron chi connectivity index (χ0n) is 11.0. The molecule has 0 saturated carbocycles. The summed E-state index contributed by atoms with van der Waals surface area (Å²) in [6, 6.07) is 5.02. The molecular formula is C14H17BrFN3. The number of hydrogen-bond donors (Lipinski definition) is 1. The molecular weight excluding hydrogens is 309 g/mol. The molecule has 0 aliphatic carbocycles. The largest absolute Gasteiger partial charge is 0.338 e. The van der Waals surface area contributed by atoms with E-state index in [9.17, 15) is 4.39 Å². The number of nitrogens with one attached hydrogen (secondary N) is 1. The summed E-state index contributed by atoms with van der Waals surface area (Å²) in [4.78, 5) is 4.29. The highest BCUT2D eigenvalue weighted by Crippen LogP contribution is 2.28. The van der Waals surface area contributed by atoms with Crippen molar-refractivity contribution >= 4 is 15.9 Å². The van der Waals surface area contributed by atoms with Gasteiger partial charge in [0.05, 0.1) is 0 Å². The van der Waals surface area contributed by atoms with E-state index in [-0.39, 0.29) is 11.9 Å². The smallest absolute Gasteiger partial charge is 0.129 e. The van der Waals surface area contributed by atoms with Gasteiger partial charge in [0.25, 0.3) is 0 Å².